The molecule has 0 bridgehead atoms. The van der Waals surface area contributed by atoms with Gasteiger partial charge in [0.1, 0.15) is 0 Å². The van der Waals surface area contributed by atoms with E-state index in [1.165, 1.54) is 4.31 Å². The van der Waals surface area contributed by atoms with Crippen molar-refractivity contribution in [3.8, 4) is 0 Å². The minimum Gasteiger partial charge on any atom is -0.337 e. The first-order valence-electron chi connectivity index (χ1n) is 9.37. The molecule has 6 heteroatoms. The molecule has 0 unspecified atom stereocenters. The lowest BCUT2D eigenvalue weighted by Gasteiger charge is -2.22. The molecule has 0 aliphatic carbocycles. The number of sulfonamides is 1. The number of benzene rings is 2. The van der Waals surface area contributed by atoms with Crippen LogP contribution in [0.25, 0.3) is 0 Å². The monoisotopic (exact) mass is 386 g/mol. The Bertz CT molecular complexity index is 907. The van der Waals surface area contributed by atoms with E-state index in [1.807, 2.05) is 50.2 Å². The molecule has 2 aromatic carbocycles. The second-order valence-electron chi connectivity index (χ2n) is 6.92. The fourth-order valence-corrected chi connectivity index (χ4v) is 4.81. The molecule has 1 saturated heterocycles. The van der Waals surface area contributed by atoms with Gasteiger partial charge in [0, 0.05) is 31.7 Å². The van der Waals surface area contributed by atoms with E-state index in [1.54, 1.807) is 17.0 Å². The number of amides is 1. The maximum Gasteiger partial charge on any atom is 0.253 e. The van der Waals surface area contributed by atoms with Crippen molar-refractivity contribution in [3.63, 3.8) is 0 Å². The molecule has 0 spiro atoms. The third-order valence-corrected chi connectivity index (χ3v) is 6.89. The normalized spacial score (nSPS) is 16.1. The molecule has 1 amide bonds. The molecule has 0 N–H and O–H groups in total. The molecule has 1 aliphatic rings. The minimum absolute atomic E-state index is 0.0368. The molecule has 144 valence electrons. The van der Waals surface area contributed by atoms with E-state index in [2.05, 4.69) is 0 Å². The zero-order valence-electron chi connectivity index (χ0n) is 15.9. The van der Waals surface area contributed by atoms with Crippen molar-refractivity contribution < 1.29 is 13.2 Å². The van der Waals surface area contributed by atoms with Crippen molar-refractivity contribution in [3.05, 3.63) is 65.2 Å². The predicted molar refractivity (Wildman–Crippen MR) is 106 cm³/mol. The number of hydrogen-bond donors (Lipinski definition) is 0. The molecule has 0 aromatic heterocycles. The zero-order valence-corrected chi connectivity index (χ0v) is 16.7. The van der Waals surface area contributed by atoms with Crippen molar-refractivity contribution in [2.75, 3.05) is 26.2 Å². The Morgan fingerprint density at radius 1 is 1.00 bits per heavy atom. The van der Waals surface area contributed by atoms with Gasteiger partial charge >= 0.3 is 0 Å². The second-order valence-corrected chi connectivity index (χ2v) is 8.85. The van der Waals surface area contributed by atoms with Crippen molar-refractivity contribution in [1.82, 2.24) is 9.21 Å². The molecule has 27 heavy (non-hydrogen) atoms. The van der Waals surface area contributed by atoms with Crippen LogP contribution < -0.4 is 0 Å². The highest BCUT2D eigenvalue weighted by molar-refractivity contribution is 7.89. The van der Waals surface area contributed by atoms with Crippen LogP contribution in [0.1, 0.15) is 34.8 Å². The topological polar surface area (TPSA) is 57.7 Å². The first kappa shape index (κ1) is 19.6. The standard InChI is InChI=1S/C21H26N2O3S/c1-3-18-8-10-20(11-9-18)27(25,26)23-13-5-12-22(14-15-23)21(24)19-7-4-6-17(2)16-19/h4,6-11,16H,3,5,12-15H2,1-2H3. The number of aryl methyl sites for hydroxylation is 2. The van der Waals surface area contributed by atoms with Crippen LogP contribution in [0.4, 0.5) is 0 Å². The molecule has 1 heterocycles. The summed E-state index contributed by atoms with van der Waals surface area (Å²) in [5.41, 5.74) is 2.80. The molecular formula is C21H26N2O3S. The Kier molecular flexibility index (Phi) is 5.97. The van der Waals surface area contributed by atoms with Crippen LogP contribution in [0.3, 0.4) is 0 Å². The Hall–Kier alpha value is -2.18. The summed E-state index contributed by atoms with van der Waals surface area (Å²) in [7, 11) is -3.54. The highest BCUT2D eigenvalue weighted by Crippen LogP contribution is 2.19. The van der Waals surface area contributed by atoms with E-state index in [9.17, 15) is 13.2 Å². The lowest BCUT2D eigenvalue weighted by atomic mass is 10.1. The van der Waals surface area contributed by atoms with Gasteiger partial charge in [0.25, 0.3) is 5.91 Å². The van der Waals surface area contributed by atoms with E-state index in [-0.39, 0.29) is 5.91 Å². The van der Waals surface area contributed by atoms with Gasteiger partial charge in [-0.2, -0.15) is 4.31 Å². The predicted octanol–water partition coefficient (Wildman–Crippen LogP) is 3.09. The summed E-state index contributed by atoms with van der Waals surface area (Å²) in [5.74, 6) is -0.0368. The van der Waals surface area contributed by atoms with E-state index < -0.39 is 10.0 Å². The highest BCUT2D eigenvalue weighted by atomic mass is 32.2. The molecule has 2 aromatic rings. The van der Waals surface area contributed by atoms with Crippen LogP contribution >= 0.6 is 0 Å². The number of carbonyl (C=O) groups is 1. The van der Waals surface area contributed by atoms with Gasteiger partial charge in [-0.15, -0.1) is 0 Å². The maximum absolute atomic E-state index is 13.0. The fraction of sp³-hybridized carbons (Fsp3) is 0.381. The summed E-state index contributed by atoms with van der Waals surface area (Å²) in [4.78, 5) is 14.8. The van der Waals surface area contributed by atoms with Gasteiger partial charge < -0.3 is 4.90 Å². The number of nitrogens with zero attached hydrogens (tertiary/aromatic N) is 2. The molecule has 1 aliphatic heterocycles. The fourth-order valence-electron chi connectivity index (χ4n) is 3.34. The van der Waals surface area contributed by atoms with Gasteiger partial charge in [0.15, 0.2) is 0 Å². The lowest BCUT2D eigenvalue weighted by Crippen LogP contribution is -2.37. The largest absolute Gasteiger partial charge is 0.337 e. The van der Waals surface area contributed by atoms with Crippen LogP contribution in [0.2, 0.25) is 0 Å². The highest BCUT2D eigenvalue weighted by Gasteiger charge is 2.28. The van der Waals surface area contributed by atoms with E-state index in [0.29, 0.717) is 43.1 Å². The van der Waals surface area contributed by atoms with Gasteiger partial charge in [0.05, 0.1) is 4.90 Å². The molecule has 0 radical (unpaired) electrons. The lowest BCUT2D eigenvalue weighted by molar-refractivity contribution is 0.0764. The molecule has 0 saturated carbocycles. The Morgan fingerprint density at radius 3 is 2.41 bits per heavy atom. The average molecular weight is 387 g/mol. The Balaban J connectivity index is 1.72. The summed E-state index contributed by atoms with van der Waals surface area (Å²) in [5, 5.41) is 0. The molecule has 0 atom stereocenters. The van der Waals surface area contributed by atoms with Gasteiger partial charge in [-0.05, 0) is 49.6 Å². The molecule has 3 rings (SSSR count). The van der Waals surface area contributed by atoms with E-state index >= 15 is 0 Å². The van der Waals surface area contributed by atoms with Gasteiger partial charge in [-0.25, -0.2) is 8.42 Å². The Morgan fingerprint density at radius 2 is 1.74 bits per heavy atom. The zero-order chi connectivity index (χ0) is 19.4. The van der Waals surface area contributed by atoms with E-state index in [0.717, 1.165) is 17.5 Å². The van der Waals surface area contributed by atoms with E-state index in [4.69, 9.17) is 0 Å². The van der Waals surface area contributed by atoms with Crippen molar-refractivity contribution in [2.24, 2.45) is 0 Å². The molecule has 1 fully saturated rings. The summed E-state index contributed by atoms with van der Waals surface area (Å²) in [6.07, 6.45) is 1.50. The third-order valence-electron chi connectivity index (χ3n) is 4.98. The molecule has 5 nitrogen and oxygen atoms in total. The third kappa shape index (κ3) is 4.39. The number of rotatable bonds is 4. The van der Waals surface area contributed by atoms with Crippen molar-refractivity contribution in [1.29, 1.82) is 0 Å². The molecular weight excluding hydrogens is 360 g/mol. The van der Waals surface area contributed by atoms with Gasteiger partial charge in [-0.1, -0.05) is 36.8 Å². The van der Waals surface area contributed by atoms with Crippen LogP contribution in [-0.2, 0) is 16.4 Å². The van der Waals surface area contributed by atoms with Gasteiger partial charge in [-0.3, -0.25) is 4.79 Å². The summed E-state index contributed by atoms with van der Waals surface area (Å²) < 4.78 is 27.4. The Labute approximate surface area is 161 Å². The van der Waals surface area contributed by atoms with Crippen LogP contribution in [0.15, 0.2) is 53.4 Å². The first-order chi connectivity index (χ1) is 12.9. The maximum atomic E-state index is 13.0. The smallest absolute Gasteiger partial charge is 0.253 e. The van der Waals surface area contributed by atoms with Crippen LogP contribution in [-0.4, -0.2) is 49.7 Å². The average Bonchev–Trinajstić information content (AvgIpc) is 2.94. The van der Waals surface area contributed by atoms with Crippen LogP contribution in [0, 0.1) is 6.92 Å². The van der Waals surface area contributed by atoms with Crippen LogP contribution in [0.5, 0.6) is 0 Å². The number of carbonyl (C=O) groups excluding carboxylic acids is 1. The number of hydrogen-bond acceptors (Lipinski definition) is 3. The van der Waals surface area contributed by atoms with Gasteiger partial charge in [0.2, 0.25) is 10.0 Å². The summed E-state index contributed by atoms with van der Waals surface area (Å²) in [6.45, 7) is 5.70. The quantitative estimate of drug-likeness (QED) is 0.811. The second kappa shape index (κ2) is 8.23. The SMILES string of the molecule is CCc1ccc(S(=O)(=O)N2CCCN(C(=O)c3cccc(C)c3)CC2)cc1. The first-order valence-corrected chi connectivity index (χ1v) is 10.8. The minimum atomic E-state index is -3.54. The summed E-state index contributed by atoms with van der Waals surface area (Å²) in [6, 6.07) is 14.6. The van der Waals surface area contributed by atoms with Crippen molar-refractivity contribution >= 4 is 15.9 Å². The van der Waals surface area contributed by atoms with Crippen molar-refractivity contribution in [2.45, 2.75) is 31.6 Å². The summed E-state index contributed by atoms with van der Waals surface area (Å²) >= 11 is 0.